The van der Waals surface area contributed by atoms with Crippen LogP contribution >= 0.6 is 0 Å². The Balaban J connectivity index is 1.15. The Bertz CT molecular complexity index is 1630. The second-order valence-corrected chi connectivity index (χ2v) is 11.6. The van der Waals surface area contributed by atoms with Gasteiger partial charge in [-0.3, -0.25) is 14.2 Å². The number of rotatable bonds is 6. The topological polar surface area (TPSA) is 89.6 Å². The Labute approximate surface area is 242 Å². The number of likely N-dealkylation sites (tertiary alicyclic amines) is 1. The highest BCUT2D eigenvalue weighted by atomic mass is 19.3. The summed E-state index contributed by atoms with van der Waals surface area (Å²) in [6.45, 7) is 0.493. The van der Waals surface area contributed by atoms with Crippen LogP contribution in [0.3, 0.4) is 0 Å². The Kier molecular flexibility index (Phi) is 7.34. The van der Waals surface area contributed by atoms with Crippen LogP contribution in [0.4, 0.5) is 8.78 Å². The van der Waals surface area contributed by atoms with Crippen LogP contribution in [0.5, 0.6) is 5.75 Å². The normalized spacial score (nSPS) is 21.8. The first-order valence-corrected chi connectivity index (χ1v) is 14.3. The molecule has 0 spiro atoms. The maximum Gasteiger partial charge on any atom is 0.262 e. The molecule has 2 fully saturated rings. The average molecular weight is 577 g/mol. The van der Waals surface area contributed by atoms with Gasteiger partial charge in [0.05, 0.1) is 30.6 Å². The van der Waals surface area contributed by atoms with Gasteiger partial charge in [0.15, 0.2) is 5.65 Å². The first kappa shape index (κ1) is 28.1. The molecule has 4 aromatic rings. The number of benzene rings is 2. The van der Waals surface area contributed by atoms with Crippen molar-refractivity contribution in [2.75, 3.05) is 20.2 Å². The fourth-order valence-corrected chi connectivity index (χ4v) is 6.46. The molecule has 0 bridgehead atoms. The van der Waals surface area contributed by atoms with Crippen LogP contribution in [0.2, 0.25) is 0 Å². The number of piperidine rings is 1. The second-order valence-electron chi connectivity index (χ2n) is 11.6. The van der Waals surface area contributed by atoms with Crippen molar-refractivity contribution in [2.45, 2.75) is 56.1 Å². The monoisotopic (exact) mass is 576 g/mol. The first-order chi connectivity index (χ1) is 20.2. The highest BCUT2D eigenvalue weighted by Crippen LogP contribution is 2.46. The molecule has 1 aliphatic carbocycles. The summed E-state index contributed by atoms with van der Waals surface area (Å²) in [6, 6.07) is 18.5. The number of ether oxygens (including phenoxy) is 1. The molecule has 10 heteroatoms. The van der Waals surface area contributed by atoms with Gasteiger partial charge in [-0.05, 0) is 61.1 Å². The summed E-state index contributed by atoms with van der Waals surface area (Å²) < 4.78 is 37.4. The van der Waals surface area contributed by atoms with E-state index in [0.29, 0.717) is 11.0 Å². The molecule has 6 rings (SSSR count). The van der Waals surface area contributed by atoms with Gasteiger partial charge in [-0.1, -0.05) is 30.3 Å². The smallest absolute Gasteiger partial charge is 0.262 e. The van der Waals surface area contributed by atoms with Crippen molar-refractivity contribution in [2.24, 2.45) is 5.92 Å². The van der Waals surface area contributed by atoms with Crippen molar-refractivity contribution in [3.8, 4) is 11.4 Å². The molecule has 3 heterocycles. The van der Waals surface area contributed by atoms with Crippen molar-refractivity contribution in [1.29, 1.82) is 0 Å². The molecule has 2 aromatic heterocycles. The molecular weight excluding hydrogens is 542 g/mol. The van der Waals surface area contributed by atoms with Crippen molar-refractivity contribution >= 4 is 16.9 Å². The lowest BCUT2D eigenvalue weighted by Gasteiger charge is -2.42. The summed E-state index contributed by atoms with van der Waals surface area (Å²) in [7, 11) is 1.60. The zero-order chi connectivity index (χ0) is 29.5. The van der Waals surface area contributed by atoms with Gasteiger partial charge in [0.2, 0.25) is 11.8 Å². The van der Waals surface area contributed by atoms with E-state index in [9.17, 15) is 23.5 Å². The molecule has 1 saturated heterocycles. The predicted octanol–water partition coefficient (Wildman–Crippen LogP) is 4.77. The molecule has 0 radical (unpaired) electrons. The molecule has 42 heavy (non-hydrogen) atoms. The van der Waals surface area contributed by atoms with Crippen LogP contribution in [-0.4, -0.2) is 61.8 Å². The lowest BCUT2D eigenvalue weighted by atomic mass is 9.73. The van der Waals surface area contributed by atoms with Crippen LogP contribution in [0, 0.1) is 5.92 Å². The van der Waals surface area contributed by atoms with E-state index in [4.69, 9.17) is 4.74 Å². The zero-order valence-corrected chi connectivity index (χ0v) is 23.5. The van der Waals surface area contributed by atoms with E-state index in [-0.39, 0.29) is 62.7 Å². The lowest BCUT2D eigenvalue weighted by Crippen LogP contribution is -2.52. The Morgan fingerprint density at radius 1 is 1.05 bits per heavy atom. The van der Waals surface area contributed by atoms with Gasteiger partial charge in [-0.25, -0.2) is 13.8 Å². The van der Waals surface area contributed by atoms with Gasteiger partial charge >= 0.3 is 0 Å². The van der Waals surface area contributed by atoms with Crippen LogP contribution in [0.15, 0.2) is 78.0 Å². The summed E-state index contributed by atoms with van der Waals surface area (Å²) in [5, 5.41) is 11.8. The maximum atomic E-state index is 14.5. The van der Waals surface area contributed by atoms with Crippen LogP contribution in [0.25, 0.3) is 16.7 Å². The number of halogens is 2. The fraction of sp³-hybridized carbons (Fsp3) is 0.406. The summed E-state index contributed by atoms with van der Waals surface area (Å²) >= 11 is 0. The van der Waals surface area contributed by atoms with Gasteiger partial charge in [-0.15, -0.1) is 0 Å². The second kappa shape index (κ2) is 11.0. The number of aliphatic hydroxyl groups is 1. The number of alkyl halides is 2. The van der Waals surface area contributed by atoms with Crippen LogP contribution in [-0.2, 0) is 11.3 Å². The SMILES string of the molecule is COc1ccc(-n2ccc3c(=O)n(CC4(O)CCN(C(=O)[C@@H]5CC(F)(F)CC[C@H]5c5ccccc5)CC4)cnc32)cc1. The maximum absolute atomic E-state index is 14.5. The molecule has 1 amide bonds. The van der Waals surface area contributed by atoms with E-state index < -0.39 is 23.9 Å². The molecule has 0 unspecified atom stereocenters. The fourth-order valence-electron chi connectivity index (χ4n) is 6.46. The zero-order valence-electron chi connectivity index (χ0n) is 23.5. The number of aromatic nitrogens is 3. The van der Waals surface area contributed by atoms with Gasteiger partial charge in [-0.2, -0.15) is 0 Å². The molecule has 220 valence electrons. The Hall–Kier alpha value is -4.05. The number of methoxy groups -OCH3 is 1. The van der Waals surface area contributed by atoms with E-state index in [0.717, 1.165) is 17.0 Å². The number of carbonyl (C=O) groups is 1. The van der Waals surface area contributed by atoms with E-state index in [1.54, 1.807) is 24.3 Å². The number of fused-ring (bicyclic) bond motifs is 1. The largest absolute Gasteiger partial charge is 0.497 e. The standard InChI is InChI=1S/C32H34F2N4O4/c1-42-24-9-7-23(8-10-24)38-16-12-26-28(38)35-21-37(29(26)39)20-31(41)14-17-36(18-15-31)30(40)27-19-32(33,34)13-11-25(27)22-5-3-2-4-6-22/h2-10,12,16,21,25,27,41H,11,13-15,17-20H2,1H3/t25-,27+/m0/s1. The minimum atomic E-state index is -2.87. The van der Waals surface area contributed by atoms with E-state index in [1.165, 1.54) is 10.9 Å². The van der Waals surface area contributed by atoms with Gasteiger partial charge in [0.1, 0.15) is 12.1 Å². The molecule has 1 saturated carbocycles. The predicted molar refractivity (Wildman–Crippen MR) is 154 cm³/mol. The highest BCUT2D eigenvalue weighted by Gasteiger charge is 2.47. The highest BCUT2D eigenvalue weighted by molar-refractivity contribution is 5.80. The number of hydrogen-bond acceptors (Lipinski definition) is 5. The molecule has 1 aliphatic heterocycles. The van der Waals surface area contributed by atoms with Crippen molar-refractivity contribution in [1.82, 2.24) is 19.0 Å². The van der Waals surface area contributed by atoms with Gasteiger partial charge in [0, 0.05) is 37.8 Å². The number of amides is 1. The number of hydrogen-bond donors (Lipinski definition) is 1. The van der Waals surface area contributed by atoms with Crippen LogP contribution in [0.1, 0.15) is 43.6 Å². The number of carbonyl (C=O) groups excluding carboxylic acids is 1. The molecule has 2 atom stereocenters. The minimum Gasteiger partial charge on any atom is -0.497 e. The third-order valence-electron chi connectivity index (χ3n) is 8.86. The lowest BCUT2D eigenvalue weighted by molar-refractivity contribution is -0.148. The summed E-state index contributed by atoms with van der Waals surface area (Å²) in [6.07, 6.45) is 3.24. The third-order valence-corrected chi connectivity index (χ3v) is 8.86. The molecular formula is C32H34F2N4O4. The van der Waals surface area contributed by atoms with E-state index in [1.807, 2.05) is 59.2 Å². The number of nitrogens with zero attached hydrogens (tertiary/aromatic N) is 4. The minimum absolute atomic E-state index is 0.0264. The van der Waals surface area contributed by atoms with Gasteiger partial charge < -0.3 is 19.3 Å². The molecule has 1 N–H and O–H groups in total. The van der Waals surface area contributed by atoms with Crippen molar-refractivity contribution in [3.63, 3.8) is 0 Å². The summed E-state index contributed by atoms with van der Waals surface area (Å²) in [5.74, 6) is -3.52. The van der Waals surface area contributed by atoms with Crippen molar-refractivity contribution < 1.29 is 23.4 Å². The van der Waals surface area contributed by atoms with E-state index >= 15 is 0 Å². The summed E-state index contributed by atoms with van der Waals surface area (Å²) in [4.78, 5) is 33.1. The Morgan fingerprint density at radius 3 is 2.45 bits per heavy atom. The third kappa shape index (κ3) is 5.43. The summed E-state index contributed by atoms with van der Waals surface area (Å²) in [5.41, 5.74) is 0.740. The quantitative estimate of drug-likeness (QED) is 0.357. The van der Waals surface area contributed by atoms with Gasteiger partial charge in [0.25, 0.3) is 5.56 Å². The average Bonchev–Trinajstić information content (AvgIpc) is 3.43. The first-order valence-electron chi connectivity index (χ1n) is 14.3. The van der Waals surface area contributed by atoms with Crippen molar-refractivity contribution in [3.05, 3.63) is 89.1 Å². The molecule has 8 nitrogen and oxygen atoms in total. The van der Waals surface area contributed by atoms with Crippen LogP contribution < -0.4 is 10.3 Å². The molecule has 2 aromatic carbocycles. The Morgan fingerprint density at radius 2 is 1.76 bits per heavy atom. The molecule has 2 aliphatic rings. The van der Waals surface area contributed by atoms with E-state index in [2.05, 4.69) is 4.98 Å².